The molecule has 0 spiro atoms. The van der Waals surface area contributed by atoms with Gasteiger partial charge in [0.05, 0.1) is 18.2 Å². The minimum Gasteiger partial charge on any atom is -0.493 e. The fourth-order valence-corrected chi connectivity index (χ4v) is 2.52. The Balaban J connectivity index is 2.35. The molecule has 2 rings (SSSR count). The van der Waals surface area contributed by atoms with Crippen molar-refractivity contribution in [1.82, 2.24) is 10.2 Å². The molecule has 1 fully saturated rings. The maximum atomic E-state index is 12.2. The molecule has 25 heavy (non-hydrogen) atoms. The Hall–Kier alpha value is -2.47. The summed E-state index contributed by atoms with van der Waals surface area (Å²) in [5.74, 6) is 0.495. The molecular formula is C18H21ClN2O4. The third-order valence-corrected chi connectivity index (χ3v) is 4.01. The van der Waals surface area contributed by atoms with Crippen LogP contribution in [0.4, 0.5) is 4.79 Å². The fraction of sp³-hybridized carbons (Fsp3) is 0.333. The first-order valence-corrected chi connectivity index (χ1v) is 8.28. The first kappa shape index (κ1) is 18.9. The first-order chi connectivity index (χ1) is 11.9. The topological polar surface area (TPSA) is 67.9 Å². The number of amides is 3. The number of hydrogen-bond donors (Lipinski definition) is 1. The smallest absolute Gasteiger partial charge is 0.329 e. The Labute approximate surface area is 152 Å². The normalized spacial score (nSPS) is 16.8. The van der Waals surface area contributed by atoms with Crippen LogP contribution in [-0.4, -0.2) is 36.6 Å². The minimum absolute atomic E-state index is 0.0150. The summed E-state index contributed by atoms with van der Waals surface area (Å²) in [4.78, 5) is 25.1. The summed E-state index contributed by atoms with van der Waals surface area (Å²) in [6.45, 7) is 7.63. The van der Waals surface area contributed by atoms with Crippen LogP contribution in [-0.2, 0) is 4.79 Å². The SMILES string of the molecule is C=CCN1C(=O)N/C(=C/c2cc(Cl)c(O[C@H](C)CC)c(OC)c2)C1=O. The van der Waals surface area contributed by atoms with Crippen LogP contribution in [0.1, 0.15) is 25.8 Å². The molecule has 1 aromatic rings. The van der Waals surface area contributed by atoms with Crippen molar-refractivity contribution in [3.8, 4) is 11.5 Å². The minimum atomic E-state index is -0.481. The number of carbonyl (C=O) groups is 2. The maximum absolute atomic E-state index is 12.2. The van der Waals surface area contributed by atoms with Crippen molar-refractivity contribution in [1.29, 1.82) is 0 Å². The van der Waals surface area contributed by atoms with Crippen molar-refractivity contribution in [2.24, 2.45) is 0 Å². The van der Waals surface area contributed by atoms with Gasteiger partial charge in [0.1, 0.15) is 5.70 Å². The Kier molecular flexibility index (Phi) is 6.09. The molecule has 1 heterocycles. The lowest BCUT2D eigenvalue weighted by Crippen LogP contribution is -2.30. The Morgan fingerprint density at radius 3 is 2.72 bits per heavy atom. The molecule has 1 aliphatic rings. The number of hydrogen-bond acceptors (Lipinski definition) is 4. The number of benzene rings is 1. The van der Waals surface area contributed by atoms with E-state index in [4.69, 9.17) is 21.1 Å². The predicted molar refractivity (Wildman–Crippen MR) is 96.8 cm³/mol. The maximum Gasteiger partial charge on any atom is 0.329 e. The fourth-order valence-electron chi connectivity index (χ4n) is 2.26. The number of methoxy groups -OCH3 is 1. The number of nitrogens with zero attached hydrogens (tertiary/aromatic N) is 1. The standard InChI is InChI=1S/C18H21ClN2O4/c1-5-7-21-17(22)14(20-18(21)23)9-12-8-13(19)16(15(10-12)24-4)25-11(3)6-2/h5,8-11H,1,6-7H2,2-4H3,(H,20,23)/b14-9+/t11-/m1/s1. The lowest BCUT2D eigenvalue weighted by atomic mass is 10.1. The quantitative estimate of drug-likeness (QED) is 0.456. The Bertz CT molecular complexity index is 730. The summed E-state index contributed by atoms with van der Waals surface area (Å²) in [6, 6.07) is 2.88. The summed E-state index contributed by atoms with van der Waals surface area (Å²) < 4.78 is 11.1. The van der Waals surface area contributed by atoms with Crippen LogP contribution in [0.25, 0.3) is 6.08 Å². The van der Waals surface area contributed by atoms with Gasteiger partial charge < -0.3 is 14.8 Å². The van der Waals surface area contributed by atoms with Crippen LogP contribution in [0.15, 0.2) is 30.5 Å². The summed E-state index contributed by atoms with van der Waals surface area (Å²) in [6.07, 6.45) is 3.84. The molecule has 0 aliphatic carbocycles. The van der Waals surface area contributed by atoms with Gasteiger partial charge in [-0.1, -0.05) is 24.6 Å². The lowest BCUT2D eigenvalue weighted by molar-refractivity contribution is -0.122. The molecule has 1 N–H and O–H groups in total. The van der Waals surface area contributed by atoms with Crippen molar-refractivity contribution in [3.05, 3.63) is 41.1 Å². The average Bonchev–Trinajstić information content (AvgIpc) is 2.84. The number of urea groups is 1. The monoisotopic (exact) mass is 364 g/mol. The van der Waals surface area contributed by atoms with Crippen LogP contribution < -0.4 is 14.8 Å². The highest BCUT2D eigenvalue weighted by Gasteiger charge is 2.32. The molecule has 0 radical (unpaired) electrons. The van der Waals surface area contributed by atoms with Crippen molar-refractivity contribution in [3.63, 3.8) is 0 Å². The van der Waals surface area contributed by atoms with Crippen molar-refractivity contribution in [2.45, 2.75) is 26.4 Å². The predicted octanol–water partition coefficient (Wildman–Crippen LogP) is 3.60. The molecule has 7 heteroatoms. The summed E-state index contributed by atoms with van der Waals surface area (Å²) >= 11 is 6.31. The molecule has 1 saturated heterocycles. The van der Waals surface area contributed by atoms with Crippen LogP contribution >= 0.6 is 11.6 Å². The molecule has 134 valence electrons. The van der Waals surface area contributed by atoms with E-state index in [0.717, 1.165) is 11.3 Å². The zero-order chi connectivity index (χ0) is 18.6. The van der Waals surface area contributed by atoms with E-state index < -0.39 is 11.9 Å². The van der Waals surface area contributed by atoms with Gasteiger partial charge in [0.15, 0.2) is 11.5 Å². The van der Waals surface area contributed by atoms with Crippen LogP contribution in [0.3, 0.4) is 0 Å². The number of halogens is 1. The van der Waals surface area contributed by atoms with E-state index in [0.29, 0.717) is 22.1 Å². The molecule has 1 atom stereocenters. The van der Waals surface area contributed by atoms with Gasteiger partial charge in [-0.2, -0.15) is 0 Å². The van der Waals surface area contributed by atoms with Crippen LogP contribution in [0.5, 0.6) is 11.5 Å². The molecule has 1 aliphatic heterocycles. The van der Waals surface area contributed by atoms with Gasteiger partial charge in [0.25, 0.3) is 5.91 Å². The van der Waals surface area contributed by atoms with Gasteiger partial charge in [-0.05, 0) is 37.1 Å². The van der Waals surface area contributed by atoms with E-state index in [1.165, 1.54) is 13.2 Å². The van der Waals surface area contributed by atoms with E-state index in [1.807, 2.05) is 13.8 Å². The first-order valence-electron chi connectivity index (χ1n) is 7.90. The van der Waals surface area contributed by atoms with Crippen molar-refractivity contribution < 1.29 is 19.1 Å². The highest BCUT2D eigenvalue weighted by Crippen LogP contribution is 2.38. The molecular weight excluding hydrogens is 344 g/mol. The molecule has 1 aromatic carbocycles. The van der Waals surface area contributed by atoms with E-state index in [2.05, 4.69) is 11.9 Å². The molecule has 0 bridgehead atoms. The number of nitrogens with one attached hydrogen (secondary N) is 1. The second-order valence-electron chi connectivity index (χ2n) is 5.56. The number of carbonyl (C=O) groups excluding carboxylic acids is 2. The van der Waals surface area contributed by atoms with E-state index in [-0.39, 0.29) is 18.3 Å². The third kappa shape index (κ3) is 4.14. The van der Waals surface area contributed by atoms with Crippen molar-refractivity contribution >= 4 is 29.6 Å². The summed E-state index contributed by atoms with van der Waals surface area (Å²) in [5.41, 5.74) is 0.781. The highest BCUT2D eigenvalue weighted by atomic mass is 35.5. The summed E-state index contributed by atoms with van der Waals surface area (Å²) in [7, 11) is 1.51. The number of imide groups is 1. The zero-order valence-electron chi connectivity index (χ0n) is 14.5. The Morgan fingerprint density at radius 1 is 1.40 bits per heavy atom. The molecule has 0 unspecified atom stereocenters. The van der Waals surface area contributed by atoms with Crippen LogP contribution in [0.2, 0.25) is 5.02 Å². The molecule has 3 amide bonds. The third-order valence-electron chi connectivity index (χ3n) is 3.73. The second kappa shape index (κ2) is 8.07. The van der Waals surface area contributed by atoms with E-state index >= 15 is 0 Å². The molecule has 0 aromatic heterocycles. The highest BCUT2D eigenvalue weighted by molar-refractivity contribution is 6.32. The van der Waals surface area contributed by atoms with Crippen molar-refractivity contribution in [2.75, 3.05) is 13.7 Å². The number of rotatable bonds is 7. The van der Waals surface area contributed by atoms with Gasteiger partial charge in [0.2, 0.25) is 0 Å². The van der Waals surface area contributed by atoms with Gasteiger partial charge in [-0.25, -0.2) is 4.79 Å². The largest absolute Gasteiger partial charge is 0.493 e. The van der Waals surface area contributed by atoms with E-state index in [9.17, 15) is 9.59 Å². The van der Waals surface area contributed by atoms with Gasteiger partial charge >= 0.3 is 6.03 Å². The second-order valence-corrected chi connectivity index (χ2v) is 5.97. The summed E-state index contributed by atoms with van der Waals surface area (Å²) in [5, 5.41) is 2.90. The number of ether oxygens (including phenoxy) is 2. The van der Waals surface area contributed by atoms with Gasteiger partial charge in [0, 0.05) is 6.54 Å². The Morgan fingerprint density at radius 2 is 2.12 bits per heavy atom. The average molecular weight is 365 g/mol. The molecule has 6 nitrogen and oxygen atoms in total. The van der Waals surface area contributed by atoms with Crippen LogP contribution in [0, 0.1) is 0 Å². The zero-order valence-corrected chi connectivity index (χ0v) is 15.2. The van der Waals surface area contributed by atoms with E-state index in [1.54, 1.807) is 18.2 Å². The lowest BCUT2D eigenvalue weighted by Gasteiger charge is -2.17. The van der Waals surface area contributed by atoms with Gasteiger partial charge in [-0.15, -0.1) is 6.58 Å². The molecule has 0 saturated carbocycles. The van der Waals surface area contributed by atoms with Gasteiger partial charge in [-0.3, -0.25) is 9.69 Å².